The van der Waals surface area contributed by atoms with Gasteiger partial charge in [-0.1, -0.05) is 22.0 Å². The molecule has 1 unspecified atom stereocenters. The van der Waals surface area contributed by atoms with Crippen molar-refractivity contribution < 1.29 is 9.84 Å². The van der Waals surface area contributed by atoms with Gasteiger partial charge in [0, 0.05) is 16.2 Å². The fraction of sp³-hybridized carbons (Fsp3) is 0.214. The van der Waals surface area contributed by atoms with E-state index in [-0.39, 0.29) is 0 Å². The number of aliphatic hydroxyl groups is 1. The maximum Gasteiger partial charge on any atom is 0.130 e. The van der Waals surface area contributed by atoms with Crippen LogP contribution in [0.2, 0.25) is 0 Å². The summed E-state index contributed by atoms with van der Waals surface area (Å²) in [6.45, 7) is 2.11. The van der Waals surface area contributed by atoms with Gasteiger partial charge in [-0.15, -0.1) is 0 Å². The standard InChI is InChI=1S/C14H14BrNO2/c1-10(17)13-8-11(15)5-6-14(13)18-9-12-4-2-3-7-16-12/h2-8,10,17H,9H2,1H3. The van der Waals surface area contributed by atoms with E-state index in [1.54, 1.807) is 13.1 Å². The Labute approximate surface area is 115 Å². The lowest BCUT2D eigenvalue weighted by Gasteiger charge is -2.13. The van der Waals surface area contributed by atoms with E-state index in [1.165, 1.54) is 0 Å². The van der Waals surface area contributed by atoms with Crippen LogP contribution >= 0.6 is 15.9 Å². The van der Waals surface area contributed by atoms with Gasteiger partial charge < -0.3 is 9.84 Å². The fourth-order valence-electron chi connectivity index (χ4n) is 1.61. The van der Waals surface area contributed by atoms with Crippen LogP contribution in [0.5, 0.6) is 5.75 Å². The van der Waals surface area contributed by atoms with Gasteiger partial charge in [0.15, 0.2) is 0 Å². The molecule has 2 rings (SSSR count). The third-order valence-corrected chi connectivity index (χ3v) is 3.02. The number of nitrogens with zero attached hydrogens (tertiary/aromatic N) is 1. The molecule has 0 saturated heterocycles. The summed E-state index contributed by atoms with van der Waals surface area (Å²) >= 11 is 3.38. The van der Waals surface area contributed by atoms with Gasteiger partial charge in [0.25, 0.3) is 0 Å². The Hall–Kier alpha value is -1.39. The second-order valence-corrected chi connectivity index (χ2v) is 4.88. The topological polar surface area (TPSA) is 42.4 Å². The highest BCUT2D eigenvalue weighted by Crippen LogP contribution is 2.28. The lowest BCUT2D eigenvalue weighted by molar-refractivity contribution is 0.189. The molecule has 0 bridgehead atoms. The highest BCUT2D eigenvalue weighted by Gasteiger charge is 2.10. The van der Waals surface area contributed by atoms with Crippen molar-refractivity contribution in [3.05, 3.63) is 58.3 Å². The highest BCUT2D eigenvalue weighted by molar-refractivity contribution is 9.10. The van der Waals surface area contributed by atoms with Crippen molar-refractivity contribution in [3.63, 3.8) is 0 Å². The largest absolute Gasteiger partial charge is 0.487 e. The van der Waals surface area contributed by atoms with Crippen LogP contribution < -0.4 is 4.74 Å². The summed E-state index contributed by atoms with van der Waals surface area (Å²) in [5, 5.41) is 9.71. The molecule has 1 aromatic carbocycles. The number of hydrogen-bond donors (Lipinski definition) is 1. The first-order valence-corrected chi connectivity index (χ1v) is 6.46. The Kier molecular flexibility index (Phi) is 4.33. The van der Waals surface area contributed by atoms with E-state index in [4.69, 9.17) is 4.74 Å². The molecule has 1 atom stereocenters. The summed E-state index contributed by atoms with van der Waals surface area (Å²) < 4.78 is 6.62. The number of aromatic nitrogens is 1. The van der Waals surface area contributed by atoms with Crippen LogP contribution in [-0.4, -0.2) is 10.1 Å². The fourth-order valence-corrected chi connectivity index (χ4v) is 1.99. The number of halogens is 1. The Balaban J connectivity index is 2.14. The maximum absolute atomic E-state index is 9.71. The molecule has 3 nitrogen and oxygen atoms in total. The molecule has 0 saturated carbocycles. The Morgan fingerprint density at radius 3 is 2.83 bits per heavy atom. The molecular formula is C14H14BrNO2. The van der Waals surface area contributed by atoms with E-state index >= 15 is 0 Å². The predicted molar refractivity (Wildman–Crippen MR) is 73.3 cm³/mol. The average molecular weight is 308 g/mol. The molecule has 0 fully saturated rings. The smallest absolute Gasteiger partial charge is 0.130 e. The van der Waals surface area contributed by atoms with Crippen molar-refractivity contribution in [2.24, 2.45) is 0 Å². The van der Waals surface area contributed by atoms with Gasteiger partial charge in [-0.05, 0) is 37.3 Å². The van der Waals surface area contributed by atoms with Gasteiger partial charge in [-0.2, -0.15) is 0 Å². The molecule has 0 aliphatic rings. The third-order valence-electron chi connectivity index (χ3n) is 2.52. The normalized spacial score (nSPS) is 12.2. The lowest BCUT2D eigenvalue weighted by atomic mass is 10.1. The zero-order valence-electron chi connectivity index (χ0n) is 10.0. The van der Waals surface area contributed by atoms with Crippen LogP contribution in [0, 0.1) is 0 Å². The molecule has 18 heavy (non-hydrogen) atoms. The third kappa shape index (κ3) is 3.31. The second-order valence-electron chi connectivity index (χ2n) is 3.97. The minimum absolute atomic E-state index is 0.391. The first-order chi connectivity index (χ1) is 8.66. The van der Waals surface area contributed by atoms with E-state index in [0.717, 1.165) is 15.7 Å². The minimum Gasteiger partial charge on any atom is -0.487 e. The van der Waals surface area contributed by atoms with Crippen molar-refractivity contribution in [2.45, 2.75) is 19.6 Å². The molecule has 1 aromatic heterocycles. The van der Waals surface area contributed by atoms with Crippen LogP contribution in [0.15, 0.2) is 47.1 Å². The number of hydrogen-bond acceptors (Lipinski definition) is 3. The summed E-state index contributed by atoms with van der Waals surface area (Å²) in [5.74, 6) is 0.679. The quantitative estimate of drug-likeness (QED) is 0.940. The highest BCUT2D eigenvalue weighted by atomic mass is 79.9. The zero-order chi connectivity index (χ0) is 13.0. The molecule has 0 aliphatic heterocycles. The molecule has 0 amide bonds. The van der Waals surface area contributed by atoms with Crippen molar-refractivity contribution in [3.8, 4) is 5.75 Å². The summed E-state index contributed by atoms with van der Waals surface area (Å²) in [6, 6.07) is 11.3. The van der Waals surface area contributed by atoms with E-state index < -0.39 is 6.10 Å². The minimum atomic E-state index is -0.568. The molecule has 0 radical (unpaired) electrons. The molecule has 94 valence electrons. The van der Waals surface area contributed by atoms with Gasteiger partial charge in [0.05, 0.1) is 11.8 Å². The number of rotatable bonds is 4. The first kappa shape index (κ1) is 13.1. The number of ether oxygens (including phenoxy) is 1. The van der Waals surface area contributed by atoms with Crippen LogP contribution in [0.1, 0.15) is 24.3 Å². The van der Waals surface area contributed by atoms with E-state index in [1.807, 2.05) is 36.4 Å². The number of pyridine rings is 1. The number of aliphatic hydroxyl groups excluding tert-OH is 1. The Bertz CT molecular complexity index is 514. The van der Waals surface area contributed by atoms with Crippen LogP contribution in [0.4, 0.5) is 0 Å². The van der Waals surface area contributed by atoms with Gasteiger partial charge in [0.2, 0.25) is 0 Å². The van der Waals surface area contributed by atoms with Crippen molar-refractivity contribution in [1.29, 1.82) is 0 Å². The zero-order valence-corrected chi connectivity index (χ0v) is 11.6. The lowest BCUT2D eigenvalue weighted by Crippen LogP contribution is -2.02. The monoisotopic (exact) mass is 307 g/mol. The molecule has 2 aromatic rings. The Morgan fingerprint density at radius 2 is 2.17 bits per heavy atom. The van der Waals surface area contributed by atoms with Crippen LogP contribution in [-0.2, 0) is 6.61 Å². The van der Waals surface area contributed by atoms with Gasteiger partial charge in [-0.3, -0.25) is 4.98 Å². The van der Waals surface area contributed by atoms with Crippen molar-refractivity contribution >= 4 is 15.9 Å². The molecular weight excluding hydrogens is 294 g/mol. The van der Waals surface area contributed by atoms with Crippen LogP contribution in [0.25, 0.3) is 0 Å². The predicted octanol–water partition coefficient (Wildman–Crippen LogP) is 3.48. The van der Waals surface area contributed by atoms with Gasteiger partial charge in [0.1, 0.15) is 12.4 Å². The van der Waals surface area contributed by atoms with Crippen molar-refractivity contribution in [2.75, 3.05) is 0 Å². The molecule has 1 N–H and O–H groups in total. The summed E-state index contributed by atoms with van der Waals surface area (Å²) in [7, 11) is 0. The molecule has 1 heterocycles. The first-order valence-electron chi connectivity index (χ1n) is 5.67. The SMILES string of the molecule is CC(O)c1cc(Br)ccc1OCc1ccccn1. The van der Waals surface area contributed by atoms with E-state index in [0.29, 0.717) is 12.4 Å². The summed E-state index contributed by atoms with van der Waals surface area (Å²) in [6.07, 6.45) is 1.16. The maximum atomic E-state index is 9.71. The average Bonchev–Trinajstić information content (AvgIpc) is 2.38. The summed E-state index contributed by atoms with van der Waals surface area (Å²) in [4.78, 5) is 4.19. The van der Waals surface area contributed by atoms with Gasteiger partial charge in [-0.25, -0.2) is 0 Å². The summed E-state index contributed by atoms with van der Waals surface area (Å²) in [5.41, 5.74) is 1.62. The van der Waals surface area contributed by atoms with Crippen molar-refractivity contribution in [1.82, 2.24) is 4.98 Å². The van der Waals surface area contributed by atoms with E-state index in [9.17, 15) is 5.11 Å². The van der Waals surface area contributed by atoms with E-state index in [2.05, 4.69) is 20.9 Å². The molecule has 4 heteroatoms. The Morgan fingerprint density at radius 1 is 1.33 bits per heavy atom. The number of benzene rings is 1. The second kappa shape index (κ2) is 5.98. The van der Waals surface area contributed by atoms with Crippen LogP contribution in [0.3, 0.4) is 0 Å². The molecule has 0 aliphatic carbocycles. The molecule has 0 spiro atoms. The van der Waals surface area contributed by atoms with Gasteiger partial charge >= 0.3 is 0 Å².